The van der Waals surface area contributed by atoms with E-state index in [0.717, 1.165) is 5.56 Å². The van der Waals surface area contributed by atoms with Crippen LogP contribution >= 0.6 is 23.2 Å². The van der Waals surface area contributed by atoms with E-state index in [1.54, 1.807) is 36.4 Å². The normalized spacial score (nSPS) is 12.8. The second-order valence-electron chi connectivity index (χ2n) is 4.82. The van der Waals surface area contributed by atoms with Crippen LogP contribution in [0.15, 0.2) is 36.4 Å². The summed E-state index contributed by atoms with van der Waals surface area (Å²) in [4.78, 5) is 12.1. The Kier molecular flexibility index (Phi) is 4.41. The van der Waals surface area contributed by atoms with Crippen LogP contribution in [0.5, 0.6) is 11.5 Å². The molecule has 0 atom stereocenters. The second-order valence-corrected chi connectivity index (χ2v) is 5.66. The maximum Gasteiger partial charge on any atom is 0.228 e. The number of benzene rings is 2. The van der Waals surface area contributed by atoms with Gasteiger partial charge in [-0.2, -0.15) is 0 Å². The number of carbonyl (C=O) groups is 1. The molecule has 1 amide bonds. The summed E-state index contributed by atoms with van der Waals surface area (Å²) < 4.78 is 10.9. The van der Waals surface area contributed by atoms with Crippen molar-refractivity contribution in [1.82, 2.24) is 0 Å². The molecule has 0 saturated carbocycles. The van der Waals surface area contributed by atoms with Crippen LogP contribution in [0.2, 0.25) is 10.0 Å². The van der Waals surface area contributed by atoms with Gasteiger partial charge in [0.1, 0.15) is 13.2 Å². The minimum Gasteiger partial charge on any atom is -0.486 e. The molecule has 1 N–H and O–H groups in total. The molecule has 2 aromatic rings. The van der Waals surface area contributed by atoms with Gasteiger partial charge in [0.2, 0.25) is 5.91 Å². The summed E-state index contributed by atoms with van der Waals surface area (Å²) >= 11 is 11.9. The van der Waals surface area contributed by atoms with E-state index in [1.807, 2.05) is 0 Å². The predicted octanol–water partition coefficient (Wildman–Crippen LogP) is 3.95. The highest BCUT2D eigenvalue weighted by Gasteiger charge is 2.13. The van der Waals surface area contributed by atoms with Gasteiger partial charge >= 0.3 is 0 Å². The van der Waals surface area contributed by atoms with Crippen LogP contribution in [0, 0.1) is 0 Å². The fourth-order valence-electron chi connectivity index (χ4n) is 2.16. The molecule has 0 unspecified atom stereocenters. The Labute approximate surface area is 137 Å². The second kappa shape index (κ2) is 6.46. The van der Waals surface area contributed by atoms with Crippen LogP contribution in [0.25, 0.3) is 0 Å². The summed E-state index contributed by atoms with van der Waals surface area (Å²) in [5.74, 6) is 1.15. The lowest BCUT2D eigenvalue weighted by Gasteiger charge is -2.19. The molecular weight excluding hydrogens is 325 g/mol. The van der Waals surface area contributed by atoms with Crippen molar-refractivity contribution < 1.29 is 14.3 Å². The zero-order valence-corrected chi connectivity index (χ0v) is 13.1. The summed E-state index contributed by atoms with van der Waals surface area (Å²) in [7, 11) is 0. The van der Waals surface area contributed by atoms with Gasteiger partial charge in [-0.1, -0.05) is 29.3 Å². The monoisotopic (exact) mass is 337 g/mol. The van der Waals surface area contributed by atoms with Gasteiger partial charge in [0.25, 0.3) is 0 Å². The van der Waals surface area contributed by atoms with Crippen LogP contribution in [0.3, 0.4) is 0 Å². The van der Waals surface area contributed by atoms with Crippen molar-refractivity contribution >= 4 is 34.8 Å². The standard InChI is InChI=1S/C16H13Cl2NO3/c17-11-2-1-10(13(18)8-11)7-16(20)19-12-3-4-14-15(9-12)22-6-5-21-14/h1-4,8-9H,5-7H2,(H,19,20). The summed E-state index contributed by atoms with van der Waals surface area (Å²) in [6.45, 7) is 1.04. The van der Waals surface area contributed by atoms with E-state index in [-0.39, 0.29) is 12.3 Å². The van der Waals surface area contributed by atoms with E-state index in [9.17, 15) is 4.79 Å². The quantitative estimate of drug-likeness (QED) is 0.922. The van der Waals surface area contributed by atoms with E-state index in [0.29, 0.717) is 40.4 Å². The van der Waals surface area contributed by atoms with Gasteiger partial charge in [-0.25, -0.2) is 0 Å². The van der Waals surface area contributed by atoms with Gasteiger partial charge in [0.15, 0.2) is 11.5 Å². The highest BCUT2D eigenvalue weighted by atomic mass is 35.5. The van der Waals surface area contributed by atoms with Gasteiger partial charge < -0.3 is 14.8 Å². The van der Waals surface area contributed by atoms with Crippen molar-refractivity contribution in [2.24, 2.45) is 0 Å². The Morgan fingerprint density at radius 2 is 1.82 bits per heavy atom. The molecule has 0 aromatic heterocycles. The average molecular weight is 338 g/mol. The number of amides is 1. The van der Waals surface area contributed by atoms with Crippen LogP contribution in [0.4, 0.5) is 5.69 Å². The minimum absolute atomic E-state index is 0.166. The molecule has 4 nitrogen and oxygen atoms in total. The van der Waals surface area contributed by atoms with E-state index < -0.39 is 0 Å². The van der Waals surface area contributed by atoms with Gasteiger partial charge in [0, 0.05) is 21.8 Å². The molecular formula is C16H13Cl2NO3. The third-order valence-electron chi connectivity index (χ3n) is 3.19. The number of hydrogen-bond acceptors (Lipinski definition) is 3. The lowest BCUT2D eigenvalue weighted by Crippen LogP contribution is -2.17. The first-order valence-electron chi connectivity index (χ1n) is 6.75. The topological polar surface area (TPSA) is 47.6 Å². The molecule has 0 spiro atoms. The largest absolute Gasteiger partial charge is 0.486 e. The SMILES string of the molecule is O=C(Cc1ccc(Cl)cc1Cl)Nc1ccc2c(c1)OCCO2. The number of halogens is 2. The number of nitrogens with one attached hydrogen (secondary N) is 1. The molecule has 6 heteroatoms. The number of ether oxygens (including phenoxy) is 2. The molecule has 0 aliphatic carbocycles. The zero-order chi connectivity index (χ0) is 15.5. The summed E-state index contributed by atoms with van der Waals surface area (Å²) in [6.07, 6.45) is 0.171. The number of anilines is 1. The minimum atomic E-state index is -0.166. The Balaban J connectivity index is 1.69. The van der Waals surface area contributed by atoms with E-state index >= 15 is 0 Å². The van der Waals surface area contributed by atoms with Crippen LogP contribution in [0.1, 0.15) is 5.56 Å². The van der Waals surface area contributed by atoms with Crippen LogP contribution < -0.4 is 14.8 Å². The molecule has 3 rings (SSSR count). The molecule has 22 heavy (non-hydrogen) atoms. The number of rotatable bonds is 3. The maximum atomic E-state index is 12.1. The molecule has 0 bridgehead atoms. The third-order valence-corrected chi connectivity index (χ3v) is 3.78. The number of carbonyl (C=O) groups excluding carboxylic acids is 1. The lowest BCUT2D eigenvalue weighted by atomic mass is 10.1. The Morgan fingerprint density at radius 3 is 2.59 bits per heavy atom. The first-order valence-corrected chi connectivity index (χ1v) is 7.51. The maximum absolute atomic E-state index is 12.1. The molecule has 1 aliphatic rings. The van der Waals surface area contributed by atoms with Gasteiger partial charge in [-0.15, -0.1) is 0 Å². The van der Waals surface area contributed by atoms with Gasteiger partial charge in [-0.05, 0) is 29.8 Å². The Morgan fingerprint density at radius 1 is 1.05 bits per heavy atom. The number of fused-ring (bicyclic) bond motifs is 1. The van der Waals surface area contributed by atoms with E-state index in [2.05, 4.69) is 5.32 Å². The van der Waals surface area contributed by atoms with Crippen LogP contribution in [-0.2, 0) is 11.2 Å². The highest BCUT2D eigenvalue weighted by molar-refractivity contribution is 6.35. The van der Waals surface area contributed by atoms with Gasteiger partial charge in [0.05, 0.1) is 6.42 Å². The summed E-state index contributed by atoms with van der Waals surface area (Å²) in [5.41, 5.74) is 1.38. The molecule has 2 aromatic carbocycles. The van der Waals surface area contributed by atoms with Crippen molar-refractivity contribution in [3.05, 3.63) is 52.0 Å². The highest BCUT2D eigenvalue weighted by Crippen LogP contribution is 2.32. The molecule has 0 radical (unpaired) electrons. The fraction of sp³-hybridized carbons (Fsp3) is 0.188. The van der Waals surface area contributed by atoms with Crippen molar-refractivity contribution in [3.8, 4) is 11.5 Å². The van der Waals surface area contributed by atoms with E-state index in [1.165, 1.54) is 0 Å². The fourth-order valence-corrected chi connectivity index (χ4v) is 2.64. The van der Waals surface area contributed by atoms with Crippen molar-refractivity contribution in [3.63, 3.8) is 0 Å². The molecule has 114 valence electrons. The molecule has 1 heterocycles. The van der Waals surface area contributed by atoms with E-state index in [4.69, 9.17) is 32.7 Å². The van der Waals surface area contributed by atoms with Crippen LogP contribution in [-0.4, -0.2) is 19.1 Å². The third kappa shape index (κ3) is 3.46. The van der Waals surface area contributed by atoms with Gasteiger partial charge in [-0.3, -0.25) is 4.79 Å². The molecule has 1 aliphatic heterocycles. The van der Waals surface area contributed by atoms with Crippen molar-refractivity contribution in [2.75, 3.05) is 18.5 Å². The molecule has 0 fully saturated rings. The number of hydrogen-bond donors (Lipinski definition) is 1. The summed E-state index contributed by atoms with van der Waals surface area (Å²) in [6, 6.07) is 10.4. The Hall–Kier alpha value is -1.91. The zero-order valence-electron chi connectivity index (χ0n) is 11.6. The first kappa shape index (κ1) is 15.0. The lowest BCUT2D eigenvalue weighted by molar-refractivity contribution is -0.115. The smallest absolute Gasteiger partial charge is 0.228 e. The Bertz CT molecular complexity index is 719. The average Bonchev–Trinajstić information content (AvgIpc) is 2.50. The first-order chi connectivity index (χ1) is 10.6. The predicted molar refractivity (Wildman–Crippen MR) is 86.2 cm³/mol. The van der Waals surface area contributed by atoms with Crippen molar-refractivity contribution in [1.29, 1.82) is 0 Å². The summed E-state index contributed by atoms with van der Waals surface area (Å²) in [5, 5.41) is 3.84. The molecule has 0 saturated heterocycles. The van der Waals surface area contributed by atoms with Crippen molar-refractivity contribution in [2.45, 2.75) is 6.42 Å².